The van der Waals surface area contributed by atoms with Crippen LogP contribution in [-0.4, -0.2) is 0 Å². The molecule has 0 aromatic carbocycles. The quantitative estimate of drug-likeness (QED) is 0.461. The maximum Gasteiger partial charge on any atom is 0.0271 e. The molecule has 0 amide bonds. The second kappa shape index (κ2) is 12.5. The molecule has 0 saturated carbocycles. The van der Waals surface area contributed by atoms with Gasteiger partial charge >= 0.3 is 0 Å². The maximum atomic E-state index is 3.33. The number of rotatable bonds is 10. The summed E-state index contributed by atoms with van der Waals surface area (Å²) in [5.74, 6) is 0. The molecule has 0 aliphatic rings. The second-order valence-corrected chi connectivity index (χ2v) is 4.20. The molecule has 0 aromatic rings. The average molecular weight is 247 g/mol. The lowest BCUT2D eigenvalue weighted by molar-refractivity contribution is 0.591. The highest BCUT2D eigenvalue weighted by atomic mass is 79.9. The van der Waals surface area contributed by atoms with Gasteiger partial charge in [-0.05, 0) is 12.8 Å². The van der Waals surface area contributed by atoms with E-state index in [1.807, 2.05) is 0 Å². The van der Waals surface area contributed by atoms with Crippen LogP contribution in [0.1, 0.15) is 64.7 Å². The van der Waals surface area contributed by atoms with E-state index in [1.54, 1.807) is 0 Å². The molecule has 0 atom stereocenters. The van der Waals surface area contributed by atoms with Gasteiger partial charge in [0.1, 0.15) is 0 Å². The third-order valence-corrected chi connectivity index (χ3v) is 2.72. The molecule has 0 saturated heterocycles. The molecular weight excluding hydrogens is 224 g/mol. The van der Waals surface area contributed by atoms with Crippen molar-refractivity contribution in [1.82, 2.24) is 0 Å². The van der Waals surface area contributed by atoms with E-state index in [2.05, 4.69) is 34.6 Å². The van der Waals surface area contributed by atoms with Gasteiger partial charge in [0.2, 0.25) is 0 Å². The van der Waals surface area contributed by atoms with E-state index in [0.717, 1.165) is 0 Å². The van der Waals surface area contributed by atoms with Crippen LogP contribution in [0.4, 0.5) is 0 Å². The first-order valence-electron chi connectivity index (χ1n) is 5.65. The minimum absolute atomic E-state index is 1.23. The molecule has 0 unspecified atom stereocenters. The smallest absolute Gasteiger partial charge is 0.0271 e. The molecule has 0 aromatic heterocycles. The van der Waals surface area contributed by atoms with Gasteiger partial charge in [-0.1, -0.05) is 74.2 Å². The molecule has 2 radical (unpaired) electrons. The van der Waals surface area contributed by atoms with Gasteiger partial charge < -0.3 is 0 Å². The van der Waals surface area contributed by atoms with Crippen LogP contribution in [0.15, 0.2) is 0 Å². The van der Waals surface area contributed by atoms with Crippen LogP contribution in [-0.2, 0) is 0 Å². The lowest BCUT2D eigenvalue weighted by Gasteiger charge is -2.00. The molecular formula is C12H23Br. The fourth-order valence-electron chi connectivity index (χ4n) is 1.42. The molecule has 78 valence electrons. The molecule has 0 heterocycles. The Morgan fingerprint density at radius 2 is 1.38 bits per heavy atom. The van der Waals surface area contributed by atoms with E-state index >= 15 is 0 Å². The first-order valence-corrected chi connectivity index (χ1v) is 6.57. The standard InChI is InChI=1S/C12H23Br/c1-2-3-4-5-6-7-8-9-10-11-12-13/h3,12H,2,4-11H2,1H3. The minimum Gasteiger partial charge on any atom is -0.0879 e. The van der Waals surface area contributed by atoms with Crippen molar-refractivity contribution >= 4 is 15.9 Å². The van der Waals surface area contributed by atoms with Crippen molar-refractivity contribution in [2.75, 3.05) is 0 Å². The Balaban J connectivity index is 2.76. The first kappa shape index (κ1) is 13.5. The van der Waals surface area contributed by atoms with Crippen LogP contribution >= 0.6 is 15.9 Å². The summed E-state index contributed by atoms with van der Waals surface area (Å²) in [6.45, 7) is 2.22. The normalized spacial score (nSPS) is 10.6. The second-order valence-electron chi connectivity index (χ2n) is 3.55. The molecule has 0 rings (SSSR count). The molecule has 0 N–H and O–H groups in total. The van der Waals surface area contributed by atoms with Crippen molar-refractivity contribution in [3.8, 4) is 0 Å². The average Bonchev–Trinajstić information content (AvgIpc) is 2.16. The molecule has 0 bridgehead atoms. The van der Waals surface area contributed by atoms with Crippen molar-refractivity contribution in [1.29, 1.82) is 0 Å². The van der Waals surface area contributed by atoms with Crippen LogP contribution in [0, 0.1) is 11.8 Å². The van der Waals surface area contributed by atoms with Gasteiger partial charge in [0.15, 0.2) is 0 Å². The van der Waals surface area contributed by atoms with Crippen molar-refractivity contribution in [3.05, 3.63) is 11.8 Å². The lowest BCUT2D eigenvalue weighted by atomic mass is 10.1. The monoisotopic (exact) mass is 246 g/mol. The lowest BCUT2D eigenvalue weighted by Crippen LogP contribution is -1.81. The number of unbranched alkanes of at least 4 members (excludes halogenated alkanes) is 9. The summed E-state index contributed by atoms with van der Waals surface area (Å²) in [4.78, 5) is 0. The van der Waals surface area contributed by atoms with Crippen molar-refractivity contribution in [2.24, 2.45) is 0 Å². The summed E-state index contributed by atoms with van der Waals surface area (Å²) < 4.78 is 0. The largest absolute Gasteiger partial charge is 0.0879 e. The highest BCUT2D eigenvalue weighted by Crippen LogP contribution is 2.11. The highest BCUT2D eigenvalue weighted by molar-refractivity contribution is 9.10. The van der Waals surface area contributed by atoms with Crippen LogP contribution in [0.3, 0.4) is 0 Å². The van der Waals surface area contributed by atoms with Gasteiger partial charge in [-0.25, -0.2) is 0 Å². The van der Waals surface area contributed by atoms with Crippen molar-refractivity contribution < 1.29 is 0 Å². The van der Waals surface area contributed by atoms with Crippen molar-refractivity contribution in [3.63, 3.8) is 0 Å². The van der Waals surface area contributed by atoms with E-state index < -0.39 is 0 Å². The zero-order chi connectivity index (χ0) is 9.78. The van der Waals surface area contributed by atoms with Crippen LogP contribution in [0.2, 0.25) is 0 Å². The topological polar surface area (TPSA) is 0 Å². The third kappa shape index (κ3) is 12.5. The van der Waals surface area contributed by atoms with Gasteiger partial charge in [-0.3, -0.25) is 0 Å². The molecule has 13 heavy (non-hydrogen) atoms. The Bertz CT molecular complexity index is 71.2. The SMILES string of the molecule is CC[CH]CCCCCCCC[CH]Br. The molecule has 0 aliphatic heterocycles. The molecule has 0 fully saturated rings. The van der Waals surface area contributed by atoms with E-state index in [0.29, 0.717) is 0 Å². The number of hydrogen-bond acceptors (Lipinski definition) is 0. The summed E-state index contributed by atoms with van der Waals surface area (Å²) in [5.41, 5.74) is 0. The molecule has 0 aliphatic carbocycles. The molecule has 0 spiro atoms. The van der Waals surface area contributed by atoms with Gasteiger partial charge in [-0.2, -0.15) is 0 Å². The predicted molar refractivity (Wildman–Crippen MR) is 64.8 cm³/mol. The molecule has 0 nitrogen and oxygen atoms in total. The zero-order valence-corrected chi connectivity index (χ0v) is 10.5. The zero-order valence-electron chi connectivity index (χ0n) is 8.90. The van der Waals surface area contributed by atoms with Gasteiger partial charge in [0.05, 0.1) is 0 Å². The first-order chi connectivity index (χ1) is 6.41. The fourth-order valence-corrected chi connectivity index (χ4v) is 1.75. The summed E-state index contributed by atoms with van der Waals surface area (Å²) in [7, 11) is 0. The van der Waals surface area contributed by atoms with E-state index in [1.165, 1.54) is 57.8 Å². The minimum atomic E-state index is 1.23. The van der Waals surface area contributed by atoms with Crippen molar-refractivity contribution in [2.45, 2.75) is 64.7 Å². The summed E-state index contributed by atoms with van der Waals surface area (Å²) >= 11 is 3.33. The Labute approximate surface area is 92.6 Å². The van der Waals surface area contributed by atoms with Gasteiger partial charge in [-0.15, -0.1) is 0 Å². The Kier molecular flexibility index (Phi) is 12.9. The highest BCUT2D eigenvalue weighted by Gasteiger charge is 1.91. The van der Waals surface area contributed by atoms with E-state index in [4.69, 9.17) is 0 Å². The van der Waals surface area contributed by atoms with Gasteiger partial charge in [0, 0.05) is 5.33 Å². The fraction of sp³-hybridized carbons (Fsp3) is 0.833. The Hall–Kier alpha value is 0.480. The van der Waals surface area contributed by atoms with Gasteiger partial charge in [0.25, 0.3) is 0 Å². The van der Waals surface area contributed by atoms with Crippen LogP contribution < -0.4 is 0 Å². The summed E-state index contributed by atoms with van der Waals surface area (Å²) in [5, 5.41) is 2.09. The van der Waals surface area contributed by atoms with E-state index in [-0.39, 0.29) is 0 Å². The maximum absolute atomic E-state index is 3.33. The number of halogens is 1. The predicted octanol–water partition coefficient (Wildman–Crippen LogP) is 5.28. The summed E-state index contributed by atoms with van der Waals surface area (Å²) in [6.07, 6.45) is 14.6. The Morgan fingerprint density at radius 1 is 0.846 bits per heavy atom. The Morgan fingerprint density at radius 3 is 1.92 bits per heavy atom. The number of hydrogen-bond donors (Lipinski definition) is 0. The van der Waals surface area contributed by atoms with Crippen LogP contribution in [0.5, 0.6) is 0 Å². The molecule has 1 heteroatoms. The van der Waals surface area contributed by atoms with E-state index in [9.17, 15) is 0 Å². The third-order valence-electron chi connectivity index (χ3n) is 2.26. The summed E-state index contributed by atoms with van der Waals surface area (Å²) in [6, 6.07) is 0. The van der Waals surface area contributed by atoms with Crippen LogP contribution in [0.25, 0.3) is 0 Å².